The van der Waals surface area contributed by atoms with Crippen molar-refractivity contribution in [1.29, 1.82) is 0 Å². The third-order valence-electron chi connectivity index (χ3n) is 3.50. The van der Waals surface area contributed by atoms with Crippen LogP contribution in [0.5, 0.6) is 0 Å². The van der Waals surface area contributed by atoms with Crippen LogP contribution in [0.1, 0.15) is 23.1 Å². The van der Waals surface area contributed by atoms with Gasteiger partial charge in [0.05, 0.1) is 0 Å². The third kappa shape index (κ3) is 5.51. The first kappa shape index (κ1) is 18.2. The molecule has 0 bridgehead atoms. The maximum atomic E-state index is 12.0. The molecule has 2 aromatic rings. The van der Waals surface area contributed by atoms with Gasteiger partial charge in [0.2, 0.25) is 5.91 Å². The molecule has 3 nitrogen and oxygen atoms in total. The molecule has 0 fully saturated rings. The molecule has 0 saturated heterocycles. The molecule has 2 rings (SSSR count). The molecule has 0 spiro atoms. The highest BCUT2D eigenvalue weighted by Crippen LogP contribution is 2.12. The summed E-state index contributed by atoms with van der Waals surface area (Å²) in [7, 11) is 1.92. The van der Waals surface area contributed by atoms with E-state index in [1.165, 1.54) is 16.7 Å². The highest BCUT2D eigenvalue weighted by atomic mass is 35.5. The molecular formula is C18H23ClN2O. The smallest absolute Gasteiger partial charge is 0.224 e. The van der Waals surface area contributed by atoms with E-state index in [4.69, 9.17) is 0 Å². The van der Waals surface area contributed by atoms with Crippen molar-refractivity contribution < 1.29 is 4.79 Å². The summed E-state index contributed by atoms with van der Waals surface area (Å²) in [6.07, 6.45) is 1.28. The number of carbonyl (C=O) groups is 1. The molecule has 22 heavy (non-hydrogen) atoms. The van der Waals surface area contributed by atoms with Crippen molar-refractivity contribution in [2.45, 2.75) is 26.3 Å². The first-order valence-corrected chi connectivity index (χ1v) is 7.27. The zero-order valence-electron chi connectivity index (χ0n) is 13.1. The summed E-state index contributed by atoms with van der Waals surface area (Å²) in [5.41, 5.74) is 4.53. The van der Waals surface area contributed by atoms with Crippen molar-refractivity contribution in [3.63, 3.8) is 0 Å². The fraction of sp³-hybridized carbons (Fsp3) is 0.278. The van der Waals surface area contributed by atoms with Crippen molar-refractivity contribution in [3.05, 3.63) is 65.2 Å². The molecule has 2 aromatic carbocycles. The van der Waals surface area contributed by atoms with Gasteiger partial charge < -0.3 is 10.6 Å². The summed E-state index contributed by atoms with van der Waals surface area (Å²) in [4.78, 5) is 12.0. The average molecular weight is 319 g/mol. The minimum Gasteiger partial charge on any atom is -0.326 e. The molecule has 0 unspecified atom stereocenters. The van der Waals surface area contributed by atoms with Crippen molar-refractivity contribution in [1.82, 2.24) is 5.32 Å². The monoisotopic (exact) mass is 318 g/mol. The van der Waals surface area contributed by atoms with Gasteiger partial charge in [0.15, 0.2) is 0 Å². The second-order valence-electron chi connectivity index (χ2n) is 5.20. The van der Waals surface area contributed by atoms with Crippen molar-refractivity contribution >= 4 is 24.0 Å². The summed E-state index contributed by atoms with van der Waals surface area (Å²) in [5, 5.41) is 6.04. The normalized spacial score (nSPS) is 9.91. The maximum absolute atomic E-state index is 12.0. The first-order valence-electron chi connectivity index (χ1n) is 7.27. The van der Waals surface area contributed by atoms with Gasteiger partial charge in [-0.2, -0.15) is 0 Å². The lowest BCUT2D eigenvalue weighted by molar-refractivity contribution is -0.116. The summed E-state index contributed by atoms with van der Waals surface area (Å²) in [6.45, 7) is 2.91. The largest absolute Gasteiger partial charge is 0.326 e. The molecular weight excluding hydrogens is 296 g/mol. The predicted octanol–water partition coefficient (Wildman–Crippen LogP) is 3.71. The highest BCUT2D eigenvalue weighted by Gasteiger charge is 2.04. The van der Waals surface area contributed by atoms with Gasteiger partial charge in [-0.15, -0.1) is 12.4 Å². The zero-order chi connectivity index (χ0) is 15.1. The molecule has 0 saturated carbocycles. The Kier molecular flexibility index (Phi) is 7.64. The van der Waals surface area contributed by atoms with Crippen molar-refractivity contribution in [3.8, 4) is 0 Å². The number of hydrogen-bond donors (Lipinski definition) is 2. The highest BCUT2D eigenvalue weighted by molar-refractivity contribution is 5.90. The van der Waals surface area contributed by atoms with Gasteiger partial charge in [-0.3, -0.25) is 4.79 Å². The van der Waals surface area contributed by atoms with Crippen LogP contribution in [0.15, 0.2) is 48.5 Å². The van der Waals surface area contributed by atoms with E-state index >= 15 is 0 Å². The van der Waals surface area contributed by atoms with Crippen LogP contribution >= 0.6 is 12.4 Å². The Bertz CT molecular complexity index is 596. The molecule has 0 aliphatic heterocycles. The zero-order valence-corrected chi connectivity index (χ0v) is 13.9. The summed E-state index contributed by atoms with van der Waals surface area (Å²) >= 11 is 0. The maximum Gasteiger partial charge on any atom is 0.224 e. The van der Waals surface area contributed by atoms with Crippen LogP contribution in [0.3, 0.4) is 0 Å². The van der Waals surface area contributed by atoms with E-state index in [1.807, 2.05) is 43.4 Å². The van der Waals surface area contributed by atoms with E-state index in [2.05, 4.69) is 29.7 Å². The second kappa shape index (κ2) is 9.23. The summed E-state index contributed by atoms with van der Waals surface area (Å²) < 4.78 is 0. The Morgan fingerprint density at radius 3 is 2.36 bits per heavy atom. The van der Waals surface area contributed by atoms with Gasteiger partial charge in [0, 0.05) is 18.7 Å². The SMILES string of the molecule is CNCc1ccc(NC(=O)CCc2ccccc2C)cc1.Cl. The van der Waals surface area contributed by atoms with E-state index in [1.54, 1.807) is 0 Å². The van der Waals surface area contributed by atoms with Crippen LogP contribution in [-0.4, -0.2) is 13.0 Å². The summed E-state index contributed by atoms with van der Waals surface area (Å²) in [5.74, 6) is 0.0552. The second-order valence-corrected chi connectivity index (χ2v) is 5.20. The van der Waals surface area contributed by atoms with Crippen LogP contribution in [-0.2, 0) is 17.8 Å². The Labute approximate surface area is 138 Å². The molecule has 2 N–H and O–H groups in total. The van der Waals surface area contributed by atoms with E-state index in [9.17, 15) is 4.79 Å². The molecule has 118 valence electrons. The fourth-order valence-corrected chi connectivity index (χ4v) is 2.27. The third-order valence-corrected chi connectivity index (χ3v) is 3.50. The first-order chi connectivity index (χ1) is 10.2. The molecule has 0 aliphatic carbocycles. The lowest BCUT2D eigenvalue weighted by Crippen LogP contribution is -2.12. The van der Waals surface area contributed by atoms with Crippen LogP contribution in [0, 0.1) is 6.92 Å². The van der Waals surface area contributed by atoms with Crippen LogP contribution in [0.2, 0.25) is 0 Å². The number of benzene rings is 2. The molecule has 0 atom stereocenters. The van der Waals surface area contributed by atoms with Gasteiger partial charge in [-0.25, -0.2) is 0 Å². The quantitative estimate of drug-likeness (QED) is 0.852. The molecule has 0 aromatic heterocycles. The molecule has 0 radical (unpaired) electrons. The van der Waals surface area contributed by atoms with E-state index < -0.39 is 0 Å². The minimum atomic E-state index is 0. The van der Waals surface area contributed by atoms with E-state index in [0.717, 1.165) is 18.7 Å². The number of nitrogens with one attached hydrogen (secondary N) is 2. The average Bonchev–Trinajstić information content (AvgIpc) is 2.49. The van der Waals surface area contributed by atoms with E-state index in [0.29, 0.717) is 6.42 Å². The van der Waals surface area contributed by atoms with Gasteiger partial charge in [0.1, 0.15) is 0 Å². The number of hydrogen-bond acceptors (Lipinski definition) is 2. The molecule has 1 amide bonds. The van der Waals surface area contributed by atoms with Crippen LogP contribution in [0.4, 0.5) is 5.69 Å². The van der Waals surface area contributed by atoms with E-state index in [-0.39, 0.29) is 18.3 Å². The summed E-state index contributed by atoms with van der Waals surface area (Å²) in [6, 6.07) is 16.1. The Morgan fingerprint density at radius 2 is 1.73 bits per heavy atom. The lowest BCUT2D eigenvalue weighted by atomic mass is 10.0. The van der Waals surface area contributed by atoms with Gasteiger partial charge in [0.25, 0.3) is 0 Å². The Hall–Kier alpha value is -1.84. The topological polar surface area (TPSA) is 41.1 Å². The molecule has 4 heteroatoms. The number of rotatable bonds is 6. The molecule has 0 aliphatic rings. The standard InChI is InChI=1S/C18H22N2O.ClH/c1-14-5-3-4-6-16(14)9-12-18(21)20-17-10-7-15(8-11-17)13-19-2;/h3-8,10-11,19H,9,12-13H2,1-2H3,(H,20,21);1H. The predicted molar refractivity (Wildman–Crippen MR) is 94.6 cm³/mol. The van der Waals surface area contributed by atoms with Gasteiger partial charge in [-0.1, -0.05) is 36.4 Å². The number of anilines is 1. The number of halogens is 1. The van der Waals surface area contributed by atoms with Crippen molar-refractivity contribution in [2.24, 2.45) is 0 Å². The van der Waals surface area contributed by atoms with Crippen LogP contribution < -0.4 is 10.6 Å². The number of carbonyl (C=O) groups excluding carboxylic acids is 1. The van der Waals surface area contributed by atoms with Gasteiger partial charge >= 0.3 is 0 Å². The van der Waals surface area contributed by atoms with Crippen molar-refractivity contribution in [2.75, 3.05) is 12.4 Å². The lowest BCUT2D eigenvalue weighted by Gasteiger charge is -2.08. The molecule has 0 heterocycles. The fourth-order valence-electron chi connectivity index (χ4n) is 2.27. The Balaban J connectivity index is 0.00000242. The number of aryl methyl sites for hydroxylation is 2. The van der Waals surface area contributed by atoms with Crippen LogP contribution in [0.25, 0.3) is 0 Å². The minimum absolute atomic E-state index is 0. The Morgan fingerprint density at radius 1 is 1.05 bits per heavy atom. The number of amides is 1. The van der Waals surface area contributed by atoms with Gasteiger partial charge in [-0.05, 0) is 49.2 Å².